The topological polar surface area (TPSA) is 4.93 Å². The summed E-state index contributed by atoms with van der Waals surface area (Å²) in [5, 5.41) is 1.38. The van der Waals surface area contributed by atoms with E-state index in [9.17, 15) is 0 Å². The van der Waals surface area contributed by atoms with E-state index < -0.39 is 0 Å². The van der Waals surface area contributed by atoms with Crippen molar-refractivity contribution >= 4 is 37.9 Å². The summed E-state index contributed by atoms with van der Waals surface area (Å²) < 4.78 is 3.68. The van der Waals surface area contributed by atoms with Crippen molar-refractivity contribution in [1.82, 2.24) is 3.97 Å². The third-order valence-electron chi connectivity index (χ3n) is 3.99. The molecule has 1 aliphatic carbocycles. The highest BCUT2D eigenvalue weighted by Crippen LogP contribution is 2.44. The van der Waals surface area contributed by atoms with E-state index in [2.05, 4.69) is 74.9 Å². The lowest BCUT2D eigenvalue weighted by atomic mass is 10.0. The van der Waals surface area contributed by atoms with Crippen molar-refractivity contribution in [3.05, 3.63) is 58.2 Å². The van der Waals surface area contributed by atoms with Gasteiger partial charge in [-0.1, -0.05) is 40.2 Å². The number of nitrogens with zero attached hydrogens (tertiary/aromatic N) is 1. The van der Waals surface area contributed by atoms with Gasteiger partial charge in [-0.15, -0.1) is 0 Å². The van der Waals surface area contributed by atoms with E-state index in [0.29, 0.717) is 0 Å². The Kier molecular flexibility index (Phi) is 2.76. The normalized spacial score (nSPS) is 13.0. The summed E-state index contributed by atoms with van der Waals surface area (Å²) in [4.78, 5) is 0. The molecule has 0 fully saturated rings. The molecule has 1 heterocycles. The first-order valence-electron chi connectivity index (χ1n) is 6.66. The second-order valence-electron chi connectivity index (χ2n) is 5.38. The zero-order valence-corrected chi connectivity index (χ0v) is 13.9. The maximum Gasteiger partial charge on any atom is 0.123 e. The Labute approximate surface area is 130 Å². The van der Waals surface area contributed by atoms with E-state index in [4.69, 9.17) is 0 Å². The lowest BCUT2D eigenvalue weighted by Crippen LogP contribution is -2.11. The Hall–Kier alpha value is -1.19. The second kappa shape index (κ2) is 4.40. The molecule has 0 saturated heterocycles. The average molecular weight is 345 g/mol. The van der Waals surface area contributed by atoms with Gasteiger partial charge >= 0.3 is 0 Å². The van der Waals surface area contributed by atoms with E-state index in [0.717, 1.165) is 10.9 Å². The number of halogens is 1. The molecule has 0 atom stereocenters. The van der Waals surface area contributed by atoms with Crippen molar-refractivity contribution in [1.29, 1.82) is 0 Å². The minimum atomic E-state index is 0.202. The summed E-state index contributed by atoms with van der Waals surface area (Å²) in [5.41, 5.74) is 7.15. The molecule has 0 spiro atoms. The quantitative estimate of drug-likeness (QED) is 0.444. The minimum Gasteiger partial charge on any atom is -0.166 e. The molecule has 0 saturated carbocycles. The molecule has 0 N–H and O–H groups in total. The van der Waals surface area contributed by atoms with Crippen LogP contribution in [0.2, 0.25) is 0 Å². The highest BCUT2D eigenvalue weighted by Gasteiger charge is 2.30. The Morgan fingerprint density at radius 1 is 1.10 bits per heavy atom. The van der Waals surface area contributed by atoms with E-state index >= 15 is 0 Å². The largest absolute Gasteiger partial charge is 0.166 e. The van der Waals surface area contributed by atoms with Gasteiger partial charge in [-0.25, -0.2) is 0 Å². The molecule has 4 rings (SSSR count). The lowest BCUT2D eigenvalue weighted by Gasteiger charge is -2.05. The van der Waals surface area contributed by atoms with Crippen LogP contribution in [-0.2, 0) is 17.5 Å². The van der Waals surface area contributed by atoms with E-state index in [1.54, 1.807) is 0 Å². The average Bonchev–Trinajstić information content (AvgIpc) is 2.92. The molecule has 3 heteroatoms. The van der Waals surface area contributed by atoms with Crippen LogP contribution in [0.5, 0.6) is 0 Å². The van der Waals surface area contributed by atoms with Crippen molar-refractivity contribution in [2.24, 2.45) is 0 Å². The SMILES string of the molecule is C[S+](C)n1c2c(c3cc(Br)ccc31)-c1ccccc1C2. The third kappa shape index (κ3) is 1.63. The molecule has 0 amide bonds. The van der Waals surface area contributed by atoms with Gasteiger partial charge in [-0.2, -0.15) is 3.97 Å². The molecule has 2 aromatic carbocycles. The number of hydrogen-bond donors (Lipinski definition) is 0. The Morgan fingerprint density at radius 3 is 2.70 bits per heavy atom. The van der Waals surface area contributed by atoms with Crippen molar-refractivity contribution in [2.75, 3.05) is 12.5 Å². The van der Waals surface area contributed by atoms with Gasteiger partial charge in [-0.3, -0.25) is 0 Å². The van der Waals surface area contributed by atoms with Gasteiger partial charge in [0.2, 0.25) is 0 Å². The van der Waals surface area contributed by atoms with Crippen molar-refractivity contribution in [3.8, 4) is 11.1 Å². The van der Waals surface area contributed by atoms with Crippen LogP contribution in [0, 0.1) is 0 Å². The van der Waals surface area contributed by atoms with Crippen molar-refractivity contribution < 1.29 is 0 Å². The maximum absolute atomic E-state index is 3.62. The molecule has 0 unspecified atom stereocenters. The lowest BCUT2D eigenvalue weighted by molar-refractivity contribution is 1.11. The molecule has 3 aromatic rings. The maximum atomic E-state index is 3.62. The molecule has 1 aromatic heterocycles. The van der Waals surface area contributed by atoms with Crippen molar-refractivity contribution in [2.45, 2.75) is 6.42 Å². The number of rotatable bonds is 1. The predicted molar refractivity (Wildman–Crippen MR) is 92.5 cm³/mol. The van der Waals surface area contributed by atoms with Gasteiger partial charge in [-0.05, 0) is 29.3 Å². The Bertz CT molecular complexity index is 832. The number of hydrogen-bond acceptors (Lipinski definition) is 0. The highest BCUT2D eigenvalue weighted by atomic mass is 79.9. The van der Waals surface area contributed by atoms with Crippen LogP contribution in [0.25, 0.3) is 22.0 Å². The van der Waals surface area contributed by atoms with Gasteiger partial charge in [0, 0.05) is 21.8 Å². The summed E-state index contributed by atoms with van der Waals surface area (Å²) in [6.45, 7) is 0. The molecular formula is C17H15BrNS+. The monoisotopic (exact) mass is 344 g/mol. The fourth-order valence-corrected chi connectivity index (χ4v) is 4.77. The van der Waals surface area contributed by atoms with Gasteiger partial charge < -0.3 is 0 Å². The molecule has 0 bridgehead atoms. The van der Waals surface area contributed by atoms with Crippen LogP contribution in [-0.4, -0.2) is 16.5 Å². The van der Waals surface area contributed by atoms with Crippen LogP contribution >= 0.6 is 15.9 Å². The summed E-state index contributed by atoms with van der Waals surface area (Å²) in [6.07, 6.45) is 5.65. The Morgan fingerprint density at radius 2 is 1.90 bits per heavy atom. The summed E-state index contributed by atoms with van der Waals surface area (Å²) in [7, 11) is 0. The van der Waals surface area contributed by atoms with Crippen LogP contribution in [0.1, 0.15) is 11.3 Å². The zero-order chi connectivity index (χ0) is 13.9. The fraction of sp³-hybridized carbons (Fsp3) is 0.176. The van der Waals surface area contributed by atoms with Crippen molar-refractivity contribution in [3.63, 3.8) is 0 Å². The van der Waals surface area contributed by atoms with Crippen LogP contribution in [0.3, 0.4) is 0 Å². The molecule has 20 heavy (non-hydrogen) atoms. The van der Waals surface area contributed by atoms with Gasteiger partial charge in [0.15, 0.2) is 0 Å². The Balaban J connectivity index is 2.16. The molecule has 1 nitrogen and oxygen atoms in total. The third-order valence-corrected chi connectivity index (χ3v) is 5.63. The standard InChI is InChI=1S/C17H15BrNS/c1-20(2)19-15-8-7-12(18)10-14(15)17-13-6-4-3-5-11(13)9-16(17)19/h3-8,10H,9H2,1-2H3/q+1. The number of fused-ring (bicyclic) bond motifs is 5. The van der Waals surface area contributed by atoms with Gasteiger partial charge in [0.1, 0.15) is 12.5 Å². The molecular weight excluding hydrogens is 330 g/mol. The summed E-state index contributed by atoms with van der Waals surface area (Å²) >= 11 is 3.82. The van der Waals surface area contributed by atoms with Crippen LogP contribution in [0.15, 0.2) is 46.9 Å². The first-order chi connectivity index (χ1) is 9.66. The van der Waals surface area contributed by atoms with Gasteiger partial charge in [0.05, 0.1) is 22.3 Å². The fourth-order valence-electron chi connectivity index (χ4n) is 3.26. The second-order valence-corrected chi connectivity index (χ2v) is 8.21. The van der Waals surface area contributed by atoms with Crippen LogP contribution in [0.4, 0.5) is 0 Å². The molecule has 100 valence electrons. The zero-order valence-electron chi connectivity index (χ0n) is 11.5. The molecule has 1 aliphatic rings. The minimum absolute atomic E-state index is 0.202. The van der Waals surface area contributed by atoms with Gasteiger partial charge in [0.25, 0.3) is 0 Å². The first-order valence-corrected chi connectivity index (χ1v) is 9.45. The van der Waals surface area contributed by atoms with E-state index in [1.807, 2.05) is 0 Å². The molecule has 0 aliphatic heterocycles. The summed E-state index contributed by atoms with van der Waals surface area (Å²) in [6, 6.07) is 15.5. The molecule has 0 radical (unpaired) electrons. The first kappa shape index (κ1) is 12.5. The van der Waals surface area contributed by atoms with E-state index in [-0.39, 0.29) is 11.1 Å². The summed E-state index contributed by atoms with van der Waals surface area (Å²) in [5.74, 6) is 0. The number of aromatic nitrogens is 1. The highest BCUT2D eigenvalue weighted by molar-refractivity contribution is 9.10. The van der Waals surface area contributed by atoms with E-state index in [1.165, 1.54) is 33.3 Å². The predicted octanol–water partition coefficient (Wildman–Crippen LogP) is 4.62. The smallest absolute Gasteiger partial charge is 0.123 e. The number of benzene rings is 2. The van der Waals surface area contributed by atoms with Crippen LogP contribution < -0.4 is 0 Å².